The largest absolute Gasteiger partial charge is 0.457 e. The van der Waals surface area contributed by atoms with Crippen molar-refractivity contribution in [2.45, 2.75) is 0 Å². The lowest BCUT2D eigenvalue weighted by Gasteiger charge is -2.11. The van der Waals surface area contributed by atoms with Crippen molar-refractivity contribution in [3.8, 4) is 11.5 Å². The molecular weight excluding hydrogens is 351 g/mol. The van der Waals surface area contributed by atoms with E-state index in [1.54, 1.807) is 18.2 Å². The normalized spacial score (nSPS) is 11.4. The third-order valence-corrected chi connectivity index (χ3v) is 3.23. The molecule has 0 saturated carbocycles. The van der Waals surface area contributed by atoms with Crippen molar-refractivity contribution in [3.05, 3.63) is 57.3 Å². The molecule has 0 amide bonds. The van der Waals surface area contributed by atoms with Crippen molar-refractivity contribution in [2.24, 2.45) is 10.9 Å². The molecule has 0 aliphatic heterocycles. The maximum atomic E-state index is 13.1. The first-order valence-corrected chi connectivity index (χ1v) is 6.58. The summed E-state index contributed by atoms with van der Waals surface area (Å²) in [6.07, 6.45) is 0. The molecule has 0 aliphatic carbocycles. The Morgan fingerprint density at radius 3 is 2.70 bits per heavy atom. The summed E-state index contributed by atoms with van der Waals surface area (Å²) >= 11 is 8.99. The highest BCUT2D eigenvalue weighted by Gasteiger charge is 2.11. The molecule has 104 valence electrons. The monoisotopic (exact) mass is 358 g/mol. The Bertz CT molecular complexity index is 679. The molecule has 0 aliphatic rings. The zero-order chi connectivity index (χ0) is 14.7. The van der Waals surface area contributed by atoms with E-state index in [4.69, 9.17) is 27.3 Å². The van der Waals surface area contributed by atoms with Gasteiger partial charge in [0.1, 0.15) is 17.3 Å². The van der Waals surface area contributed by atoms with E-state index in [9.17, 15) is 4.39 Å². The molecule has 0 bridgehead atoms. The highest BCUT2D eigenvalue weighted by molar-refractivity contribution is 9.10. The van der Waals surface area contributed by atoms with E-state index in [1.807, 2.05) is 0 Å². The number of hydrogen-bond acceptors (Lipinski definition) is 3. The molecule has 0 heterocycles. The average Bonchev–Trinajstić information content (AvgIpc) is 2.42. The van der Waals surface area contributed by atoms with Gasteiger partial charge in [0.05, 0.1) is 10.6 Å². The first kappa shape index (κ1) is 14.6. The Hall–Kier alpha value is -1.79. The predicted molar refractivity (Wildman–Crippen MR) is 78.1 cm³/mol. The molecule has 2 aromatic carbocycles. The first-order chi connectivity index (χ1) is 9.51. The summed E-state index contributed by atoms with van der Waals surface area (Å²) in [5, 5.41) is 11.6. The molecule has 0 atom stereocenters. The Kier molecular flexibility index (Phi) is 4.46. The number of nitrogens with two attached hydrogens (primary N) is 1. The molecule has 0 fully saturated rings. The number of amidine groups is 1. The summed E-state index contributed by atoms with van der Waals surface area (Å²) in [5.41, 5.74) is 5.97. The van der Waals surface area contributed by atoms with E-state index < -0.39 is 5.82 Å². The number of benzene rings is 2. The summed E-state index contributed by atoms with van der Waals surface area (Å²) in [6.45, 7) is 0. The number of halogens is 3. The second-order valence-corrected chi connectivity index (χ2v) is 5.13. The molecule has 0 saturated heterocycles. The van der Waals surface area contributed by atoms with E-state index in [1.165, 1.54) is 18.2 Å². The van der Waals surface area contributed by atoms with Crippen LogP contribution in [0.15, 0.2) is 46.0 Å². The van der Waals surface area contributed by atoms with E-state index in [-0.39, 0.29) is 10.9 Å². The van der Waals surface area contributed by atoms with Gasteiger partial charge in [0, 0.05) is 10.5 Å². The fraction of sp³-hybridized carbons (Fsp3) is 0. The highest BCUT2D eigenvalue weighted by Crippen LogP contribution is 2.30. The Labute approximate surface area is 127 Å². The van der Waals surface area contributed by atoms with Crippen LogP contribution in [-0.4, -0.2) is 11.0 Å². The molecule has 20 heavy (non-hydrogen) atoms. The van der Waals surface area contributed by atoms with Gasteiger partial charge >= 0.3 is 0 Å². The molecule has 2 aromatic rings. The summed E-state index contributed by atoms with van der Waals surface area (Å²) in [7, 11) is 0. The minimum atomic E-state index is -0.537. The van der Waals surface area contributed by atoms with Gasteiger partial charge in [-0.25, -0.2) is 4.39 Å². The first-order valence-electron chi connectivity index (χ1n) is 5.41. The second kappa shape index (κ2) is 6.11. The molecule has 4 nitrogen and oxygen atoms in total. The number of rotatable bonds is 3. The van der Waals surface area contributed by atoms with Crippen LogP contribution in [0.25, 0.3) is 0 Å². The fourth-order valence-corrected chi connectivity index (χ4v) is 2.02. The van der Waals surface area contributed by atoms with Crippen molar-refractivity contribution >= 4 is 33.4 Å². The molecule has 0 radical (unpaired) electrons. The topological polar surface area (TPSA) is 67.8 Å². The van der Waals surface area contributed by atoms with Crippen molar-refractivity contribution in [2.75, 3.05) is 0 Å². The third kappa shape index (κ3) is 3.20. The second-order valence-electron chi connectivity index (χ2n) is 3.80. The van der Waals surface area contributed by atoms with Gasteiger partial charge in [-0.05, 0) is 30.3 Å². The van der Waals surface area contributed by atoms with Crippen LogP contribution in [0.2, 0.25) is 5.02 Å². The van der Waals surface area contributed by atoms with Crippen LogP contribution in [-0.2, 0) is 0 Å². The van der Waals surface area contributed by atoms with Gasteiger partial charge < -0.3 is 15.7 Å². The maximum absolute atomic E-state index is 13.1. The lowest BCUT2D eigenvalue weighted by Crippen LogP contribution is -2.14. The summed E-state index contributed by atoms with van der Waals surface area (Å²) in [4.78, 5) is 0. The molecule has 0 aromatic heterocycles. The minimum absolute atomic E-state index is 0.0529. The Balaban J connectivity index is 2.41. The fourth-order valence-electron chi connectivity index (χ4n) is 1.51. The summed E-state index contributed by atoms with van der Waals surface area (Å²) < 4.78 is 19.4. The van der Waals surface area contributed by atoms with Crippen LogP contribution in [0.1, 0.15) is 5.56 Å². The maximum Gasteiger partial charge on any atom is 0.173 e. The predicted octanol–water partition coefficient (Wildman–Crippen LogP) is 4.13. The van der Waals surface area contributed by atoms with E-state index in [0.29, 0.717) is 17.1 Å². The number of ether oxygens (including phenoxy) is 1. The third-order valence-electron chi connectivity index (χ3n) is 2.45. The lowest BCUT2D eigenvalue weighted by atomic mass is 10.2. The molecule has 0 spiro atoms. The van der Waals surface area contributed by atoms with Gasteiger partial charge in [0.25, 0.3) is 0 Å². The van der Waals surface area contributed by atoms with Crippen LogP contribution < -0.4 is 10.5 Å². The molecule has 3 N–H and O–H groups in total. The zero-order valence-electron chi connectivity index (χ0n) is 9.98. The van der Waals surface area contributed by atoms with Crippen LogP contribution in [0.5, 0.6) is 11.5 Å². The SMILES string of the molecule is N/C(=N/O)c1ccc(Br)cc1Oc1ccc(F)c(Cl)c1. The van der Waals surface area contributed by atoms with E-state index in [2.05, 4.69) is 21.1 Å². The van der Waals surface area contributed by atoms with Crippen LogP contribution in [0.4, 0.5) is 4.39 Å². The Morgan fingerprint density at radius 1 is 1.30 bits per heavy atom. The summed E-state index contributed by atoms with van der Waals surface area (Å²) in [6, 6.07) is 8.95. The lowest BCUT2D eigenvalue weighted by molar-refractivity contribution is 0.318. The highest BCUT2D eigenvalue weighted by atomic mass is 79.9. The van der Waals surface area contributed by atoms with Crippen molar-refractivity contribution in [1.29, 1.82) is 0 Å². The number of hydrogen-bond donors (Lipinski definition) is 2. The quantitative estimate of drug-likeness (QED) is 0.375. The number of nitrogens with zero attached hydrogens (tertiary/aromatic N) is 1. The average molecular weight is 360 g/mol. The standard InChI is InChI=1S/C13H9BrClFN2O2/c14-7-1-3-9(13(17)18-19)12(5-7)20-8-2-4-11(16)10(15)6-8/h1-6,19H,(H2,17,18). The van der Waals surface area contributed by atoms with E-state index >= 15 is 0 Å². The van der Waals surface area contributed by atoms with Gasteiger partial charge in [-0.1, -0.05) is 32.7 Å². The smallest absolute Gasteiger partial charge is 0.173 e. The van der Waals surface area contributed by atoms with Gasteiger partial charge in [-0.2, -0.15) is 0 Å². The van der Waals surface area contributed by atoms with Crippen molar-refractivity contribution in [1.82, 2.24) is 0 Å². The van der Waals surface area contributed by atoms with Crippen molar-refractivity contribution < 1.29 is 14.3 Å². The van der Waals surface area contributed by atoms with Gasteiger partial charge in [-0.3, -0.25) is 0 Å². The Morgan fingerprint density at radius 2 is 2.05 bits per heavy atom. The van der Waals surface area contributed by atoms with Crippen LogP contribution in [0, 0.1) is 5.82 Å². The van der Waals surface area contributed by atoms with Crippen LogP contribution >= 0.6 is 27.5 Å². The van der Waals surface area contributed by atoms with E-state index in [0.717, 1.165) is 4.47 Å². The molecule has 7 heteroatoms. The van der Waals surface area contributed by atoms with Gasteiger partial charge in [-0.15, -0.1) is 0 Å². The zero-order valence-corrected chi connectivity index (χ0v) is 12.3. The van der Waals surface area contributed by atoms with Gasteiger partial charge in [0.15, 0.2) is 5.84 Å². The number of oxime groups is 1. The van der Waals surface area contributed by atoms with Gasteiger partial charge in [0.2, 0.25) is 0 Å². The van der Waals surface area contributed by atoms with Crippen molar-refractivity contribution in [3.63, 3.8) is 0 Å². The molecule has 0 unspecified atom stereocenters. The minimum Gasteiger partial charge on any atom is -0.457 e. The summed E-state index contributed by atoms with van der Waals surface area (Å²) in [5.74, 6) is 0.0458. The molecule has 2 rings (SSSR count). The molecular formula is C13H9BrClFN2O2. The van der Waals surface area contributed by atoms with Crippen LogP contribution in [0.3, 0.4) is 0 Å².